The number of nitrogens with one attached hydrogen (secondary N) is 1. The Balaban J connectivity index is 1.68. The molecule has 1 aromatic carbocycles. The second-order valence-corrected chi connectivity index (χ2v) is 5.62. The van der Waals surface area contributed by atoms with Crippen LogP contribution in [-0.4, -0.2) is 11.1 Å². The monoisotopic (exact) mass is 284 g/mol. The molecule has 0 saturated carbocycles. The molecule has 3 rings (SSSR count). The van der Waals surface area contributed by atoms with Gasteiger partial charge < -0.3 is 4.52 Å². The molecule has 2 aromatic rings. The van der Waals surface area contributed by atoms with Gasteiger partial charge in [-0.15, -0.1) is 0 Å². The standard InChI is InChI=1S/C17H20N2O2/c1-3-14-11(2)19-21-17(14)18-16(20)10-13-9-8-12-6-4-5-7-15(12)13/h4-7,13H,3,8-10H2,1-2H3,(H,18,20). The topological polar surface area (TPSA) is 55.1 Å². The Hall–Kier alpha value is -2.10. The summed E-state index contributed by atoms with van der Waals surface area (Å²) in [5.41, 5.74) is 4.52. The lowest BCUT2D eigenvalue weighted by Crippen LogP contribution is -2.15. The molecule has 1 atom stereocenters. The zero-order chi connectivity index (χ0) is 14.8. The van der Waals surface area contributed by atoms with Crippen LogP contribution >= 0.6 is 0 Å². The van der Waals surface area contributed by atoms with E-state index in [1.807, 2.05) is 19.9 Å². The van der Waals surface area contributed by atoms with Gasteiger partial charge in [0.25, 0.3) is 0 Å². The Morgan fingerprint density at radius 3 is 3.05 bits per heavy atom. The zero-order valence-electron chi connectivity index (χ0n) is 12.5. The second-order valence-electron chi connectivity index (χ2n) is 5.62. The van der Waals surface area contributed by atoms with Gasteiger partial charge in [0.05, 0.1) is 5.69 Å². The van der Waals surface area contributed by atoms with Crippen molar-refractivity contribution >= 4 is 11.8 Å². The van der Waals surface area contributed by atoms with Crippen molar-refractivity contribution in [3.8, 4) is 0 Å². The molecule has 1 unspecified atom stereocenters. The minimum Gasteiger partial charge on any atom is -0.338 e. The van der Waals surface area contributed by atoms with Crippen LogP contribution in [0.1, 0.15) is 48.1 Å². The fourth-order valence-electron chi connectivity index (χ4n) is 3.16. The molecule has 1 aliphatic rings. The van der Waals surface area contributed by atoms with Gasteiger partial charge in [0.2, 0.25) is 11.8 Å². The lowest BCUT2D eigenvalue weighted by atomic mass is 9.97. The van der Waals surface area contributed by atoms with Crippen LogP contribution in [0.25, 0.3) is 0 Å². The van der Waals surface area contributed by atoms with Crippen LogP contribution in [-0.2, 0) is 17.6 Å². The Labute approximate surface area is 124 Å². The maximum Gasteiger partial charge on any atom is 0.234 e. The Morgan fingerprint density at radius 2 is 2.24 bits per heavy atom. The van der Waals surface area contributed by atoms with Gasteiger partial charge in [-0.3, -0.25) is 10.1 Å². The molecule has 110 valence electrons. The van der Waals surface area contributed by atoms with Crippen molar-refractivity contribution < 1.29 is 9.32 Å². The number of carbonyl (C=O) groups excluding carboxylic acids is 1. The number of benzene rings is 1. The summed E-state index contributed by atoms with van der Waals surface area (Å²) in [4.78, 5) is 12.3. The summed E-state index contributed by atoms with van der Waals surface area (Å²) in [5, 5.41) is 6.79. The molecule has 0 saturated heterocycles. The number of fused-ring (bicyclic) bond motifs is 1. The smallest absolute Gasteiger partial charge is 0.234 e. The van der Waals surface area contributed by atoms with Crippen LogP contribution in [0.5, 0.6) is 0 Å². The maximum absolute atomic E-state index is 12.3. The first kappa shape index (κ1) is 13.9. The van der Waals surface area contributed by atoms with Gasteiger partial charge in [0.15, 0.2) is 0 Å². The highest BCUT2D eigenvalue weighted by atomic mass is 16.5. The first-order valence-corrected chi connectivity index (χ1v) is 7.51. The summed E-state index contributed by atoms with van der Waals surface area (Å²) >= 11 is 0. The van der Waals surface area contributed by atoms with Gasteiger partial charge >= 0.3 is 0 Å². The number of aromatic nitrogens is 1. The van der Waals surface area contributed by atoms with E-state index >= 15 is 0 Å². The highest BCUT2D eigenvalue weighted by Gasteiger charge is 2.25. The van der Waals surface area contributed by atoms with E-state index in [0.29, 0.717) is 18.2 Å². The molecule has 1 amide bonds. The number of hydrogen-bond acceptors (Lipinski definition) is 3. The molecule has 1 heterocycles. The van der Waals surface area contributed by atoms with Gasteiger partial charge in [-0.1, -0.05) is 36.3 Å². The van der Waals surface area contributed by atoms with Crippen molar-refractivity contribution in [2.75, 3.05) is 5.32 Å². The summed E-state index contributed by atoms with van der Waals surface area (Å²) in [6.45, 7) is 3.92. The van der Waals surface area contributed by atoms with Crippen molar-refractivity contribution in [1.82, 2.24) is 5.16 Å². The van der Waals surface area contributed by atoms with E-state index in [1.165, 1.54) is 11.1 Å². The lowest BCUT2D eigenvalue weighted by molar-refractivity contribution is -0.116. The van der Waals surface area contributed by atoms with Crippen molar-refractivity contribution in [1.29, 1.82) is 0 Å². The Morgan fingerprint density at radius 1 is 1.43 bits per heavy atom. The average Bonchev–Trinajstić information content (AvgIpc) is 3.03. The van der Waals surface area contributed by atoms with Crippen LogP contribution in [0.2, 0.25) is 0 Å². The molecule has 1 N–H and O–H groups in total. The van der Waals surface area contributed by atoms with Crippen molar-refractivity contribution in [3.63, 3.8) is 0 Å². The number of anilines is 1. The third-order valence-electron chi connectivity index (χ3n) is 4.28. The van der Waals surface area contributed by atoms with Crippen LogP contribution in [0, 0.1) is 6.92 Å². The second kappa shape index (κ2) is 5.72. The predicted molar refractivity (Wildman–Crippen MR) is 81.4 cm³/mol. The average molecular weight is 284 g/mol. The lowest BCUT2D eigenvalue weighted by Gasteiger charge is -2.11. The quantitative estimate of drug-likeness (QED) is 0.933. The fraction of sp³-hybridized carbons (Fsp3) is 0.412. The minimum atomic E-state index is 0.00236. The van der Waals surface area contributed by atoms with E-state index in [9.17, 15) is 4.79 Å². The molecular weight excluding hydrogens is 264 g/mol. The van der Waals surface area contributed by atoms with Crippen molar-refractivity contribution in [3.05, 3.63) is 46.6 Å². The summed E-state index contributed by atoms with van der Waals surface area (Å²) in [7, 11) is 0. The van der Waals surface area contributed by atoms with Gasteiger partial charge in [0.1, 0.15) is 0 Å². The van der Waals surface area contributed by atoms with Crippen LogP contribution in [0.15, 0.2) is 28.8 Å². The van der Waals surface area contributed by atoms with E-state index < -0.39 is 0 Å². The molecule has 0 aliphatic heterocycles. The van der Waals surface area contributed by atoms with Gasteiger partial charge in [-0.05, 0) is 43.2 Å². The SMILES string of the molecule is CCc1c(C)noc1NC(=O)CC1CCc2ccccc21. The number of amides is 1. The maximum atomic E-state index is 12.3. The van der Waals surface area contributed by atoms with Crippen LogP contribution < -0.4 is 5.32 Å². The first-order chi connectivity index (χ1) is 10.2. The molecule has 0 bridgehead atoms. The number of carbonyl (C=O) groups is 1. The van der Waals surface area contributed by atoms with Crippen LogP contribution in [0.4, 0.5) is 5.88 Å². The van der Waals surface area contributed by atoms with Gasteiger partial charge in [-0.2, -0.15) is 0 Å². The molecule has 1 aliphatic carbocycles. The third kappa shape index (κ3) is 2.71. The molecule has 1 aromatic heterocycles. The summed E-state index contributed by atoms with van der Waals surface area (Å²) in [6, 6.07) is 8.40. The number of nitrogens with zero attached hydrogens (tertiary/aromatic N) is 1. The molecular formula is C17H20N2O2. The Kier molecular flexibility index (Phi) is 3.78. The highest BCUT2D eigenvalue weighted by Crippen LogP contribution is 2.35. The van der Waals surface area contributed by atoms with E-state index in [-0.39, 0.29) is 5.91 Å². The van der Waals surface area contributed by atoms with E-state index in [4.69, 9.17) is 4.52 Å². The summed E-state index contributed by atoms with van der Waals surface area (Å²) in [6.07, 6.45) is 3.41. The fourth-order valence-corrected chi connectivity index (χ4v) is 3.16. The Bertz CT molecular complexity index is 661. The molecule has 4 heteroatoms. The largest absolute Gasteiger partial charge is 0.338 e. The first-order valence-electron chi connectivity index (χ1n) is 7.51. The number of rotatable bonds is 4. The molecule has 0 radical (unpaired) electrons. The normalized spacial score (nSPS) is 16.8. The third-order valence-corrected chi connectivity index (χ3v) is 4.28. The summed E-state index contributed by atoms with van der Waals surface area (Å²) < 4.78 is 5.21. The minimum absolute atomic E-state index is 0.00236. The van der Waals surface area contributed by atoms with E-state index in [0.717, 1.165) is 30.5 Å². The van der Waals surface area contributed by atoms with Gasteiger partial charge in [-0.25, -0.2) is 0 Å². The number of aryl methyl sites for hydroxylation is 2. The van der Waals surface area contributed by atoms with Crippen LogP contribution in [0.3, 0.4) is 0 Å². The van der Waals surface area contributed by atoms with Crippen molar-refractivity contribution in [2.24, 2.45) is 0 Å². The van der Waals surface area contributed by atoms with Gasteiger partial charge in [0, 0.05) is 12.0 Å². The molecule has 21 heavy (non-hydrogen) atoms. The zero-order valence-corrected chi connectivity index (χ0v) is 12.5. The predicted octanol–water partition coefficient (Wildman–Crippen LogP) is 3.60. The van der Waals surface area contributed by atoms with E-state index in [1.54, 1.807) is 0 Å². The van der Waals surface area contributed by atoms with E-state index in [2.05, 4.69) is 28.7 Å². The molecule has 4 nitrogen and oxygen atoms in total. The molecule has 0 spiro atoms. The highest BCUT2D eigenvalue weighted by molar-refractivity contribution is 5.90. The van der Waals surface area contributed by atoms with Crippen molar-refractivity contribution in [2.45, 2.75) is 45.4 Å². The summed E-state index contributed by atoms with van der Waals surface area (Å²) in [5.74, 6) is 0.823. The molecule has 0 fully saturated rings. The number of hydrogen-bond donors (Lipinski definition) is 1.